The molecule has 1 N–H and O–H groups in total. The van der Waals surface area contributed by atoms with Crippen molar-refractivity contribution in [3.8, 4) is 0 Å². The highest BCUT2D eigenvalue weighted by atomic mass is 32.1. The highest BCUT2D eigenvalue weighted by Gasteiger charge is 2.45. The van der Waals surface area contributed by atoms with Crippen LogP contribution in [0.15, 0.2) is 18.7 Å². The summed E-state index contributed by atoms with van der Waals surface area (Å²) < 4.78 is 8.04. The maximum Gasteiger partial charge on any atom is 0.242 e. The lowest BCUT2D eigenvalue weighted by Crippen LogP contribution is -2.54. The van der Waals surface area contributed by atoms with Crippen LogP contribution in [0.1, 0.15) is 54.8 Å². The Bertz CT molecular complexity index is 907. The molecule has 1 saturated carbocycles. The van der Waals surface area contributed by atoms with Gasteiger partial charge in [0, 0.05) is 41.3 Å². The Hall–Kier alpha value is -1.77. The molecule has 168 valence electrons. The lowest BCUT2D eigenvalue weighted by Gasteiger charge is -2.49. The monoisotopic (exact) mass is 443 g/mol. The van der Waals surface area contributed by atoms with E-state index >= 15 is 0 Å². The third-order valence-corrected chi connectivity index (χ3v) is 8.66. The first-order chi connectivity index (χ1) is 15.0. The van der Waals surface area contributed by atoms with E-state index in [9.17, 15) is 4.79 Å². The number of hydrogen-bond acceptors (Lipinski definition) is 6. The van der Waals surface area contributed by atoms with Crippen LogP contribution in [0.2, 0.25) is 0 Å². The first-order valence-corrected chi connectivity index (χ1v) is 12.5. The quantitative estimate of drug-likeness (QED) is 0.743. The molecule has 3 aliphatic rings. The lowest BCUT2D eigenvalue weighted by atomic mass is 9.76. The molecular weight excluding hydrogens is 410 g/mol. The summed E-state index contributed by atoms with van der Waals surface area (Å²) in [6, 6.07) is 3.25. The van der Waals surface area contributed by atoms with Crippen LogP contribution >= 0.6 is 11.3 Å². The first-order valence-electron chi connectivity index (χ1n) is 11.7. The number of nitrogens with zero attached hydrogens (tertiary/aromatic N) is 4. The van der Waals surface area contributed by atoms with E-state index in [1.165, 1.54) is 16.8 Å². The van der Waals surface area contributed by atoms with Gasteiger partial charge in [-0.3, -0.25) is 4.79 Å². The van der Waals surface area contributed by atoms with E-state index in [-0.39, 0.29) is 18.1 Å². The number of rotatable bonds is 6. The van der Waals surface area contributed by atoms with Crippen LogP contribution in [0.25, 0.3) is 0 Å². The molecule has 2 aromatic heterocycles. The average Bonchev–Trinajstić information content (AvgIpc) is 3.38. The van der Waals surface area contributed by atoms with Gasteiger partial charge in [0.2, 0.25) is 5.91 Å². The molecule has 0 bridgehead atoms. The normalized spacial score (nSPS) is 30.7. The minimum atomic E-state index is -0.0646. The van der Waals surface area contributed by atoms with Crippen LogP contribution in [-0.4, -0.2) is 57.4 Å². The zero-order valence-electron chi connectivity index (χ0n) is 18.5. The Kier molecular flexibility index (Phi) is 5.88. The topological polar surface area (TPSA) is 72.3 Å². The minimum Gasteiger partial charge on any atom is -0.370 e. The van der Waals surface area contributed by atoms with Gasteiger partial charge in [-0.15, -0.1) is 11.3 Å². The summed E-state index contributed by atoms with van der Waals surface area (Å²) >= 11 is 2.00. The maximum absolute atomic E-state index is 12.1. The highest BCUT2D eigenvalue weighted by Crippen LogP contribution is 2.46. The molecule has 2 atom stereocenters. The van der Waals surface area contributed by atoms with E-state index in [0.717, 1.165) is 58.2 Å². The first kappa shape index (κ1) is 21.1. The third kappa shape index (κ3) is 4.30. The zero-order chi connectivity index (χ0) is 21.4. The zero-order valence-corrected chi connectivity index (χ0v) is 19.4. The summed E-state index contributed by atoms with van der Waals surface area (Å²) in [5.74, 6) is 0.693. The molecule has 1 saturated heterocycles. The van der Waals surface area contributed by atoms with Crippen LogP contribution in [0.3, 0.4) is 0 Å². The number of piperidine rings is 1. The molecule has 0 unspecified atom stereocenters. The Morgan fingerprint density at radius 1 is 1.42 bits per heavy atom. The van der Waals surface area contributed by atoms with E-state index in [2.05, 4.69) is 40.2 Å². The largest absolute Gasteiger partial charge is 0.370 e. The van der Waals surface area contributed by atoms with E-state index in [4.69, 9.17) is 4.74 Å². The number of aromatic nitrogens is 3. The van der Waals surface area contributed by atoms with Crippen molar-refractivity contribution in [2.24, 2.45) is 5.92 Å². The number of aryl methyl sites for hydroxylation is 1. The molecule has 1 amide bonds. The van der Waals surface area contributed by atoms with Gasteiger partial charge in [-0.2, -0.15) is 5.10 Å². The molecule has 1 aliphatic carbocycles. The molecule has 1 spiro atoms. The maximum atomic E-state index is 12.1. The van der Waals surface area contributed by atoms with E-state index in [1.54, 1.807) is 15.9 Å². The number of thiophene rings is 1. The number of amides is 1. The molecule has 2 fully saturated rings. The van der Waals surface area contributed by atoms with Gasteiger partial charge in [-0.25, -0.2) is 9.67 Å². The number of nitrogens with one attached hydrogen (secondary N) is 1. The van der Waals surface area contributed by atoms with Crippen LogP contribution in [0.4, 0.5) is 0 Å². The Morgan fingerprint density at radius 3 is 3.03 bits per heavy atom. The number of fused-ring (bicyclic) bond motifs is 2. The molecule has 4 heterocycles. The molecule has 31 heavy (non-hydrogen) atoms. The van der Waals surface area contributed by atoms with Crippen molar-refractivity contribution < 1.29 is 9.53 Å². The van der Waals surface area contributed by atoms with Crippen molar-refractivity contribution in [3.05, 3.63) is 34.0 Å². The van der Waals surface area contributed by atoms with Crippen molar-refractivity contribution in [3.63, 3.8) is 0 Å². The predicted octanol–water partition coefficient (Wildman–Crippen LogP) is 2.75. The van der Waals surface area contributed by atoms with E-state index in [0.29, 0.717) is 18.0 Å². The third-order valence-electron chi connectivity index (χ3n) is 7.32. The highest BCUT2D eigenvalue weighted by molar-refractivity contribution is 7.12. The Morgan fingerprint density at radius 2 is 2.29 bits per heavy atom. The second-order valence-corrected chi connectivity index (χ2v) is 10.7. The number of hydrogen-bond donors (Lipinski definition) is 1. The fourth-order valence-corrected chi connectivity index (χ4v) is 6.79. The number of ether oxygens (including phenoxy) is 1. The number of carbonyl (C=O) groups is 1. The van der Waals surface area contributed by atoms with Gasteiger partial charge >= 0.3 is 0 Å². The van der Waals surface area contributed by atoms with Crippen molar-refractivity contribution in [2.75, 3.05) is 19.7 Å². The van der Waals surface area contributed by atoms with Crippen molar-refractivity contribution in [1.82, 2.24) is 25.0 Å². The van der Waals surface area contributed by atoms with Gasteiger partial charge in [0.05, 0.1) is 12.2 Å². The summed E-state index contributed by atoms with van der Waals surface area (Å²) in [6.45, 7) is 7.94. The molecule has 2 aliphatic heterocycles. The Labute approximate surface area is 188 Å². The second-order valence-electron chi connectivity index (χ2n) is 9.49. The molecule has 7 nitrogen and oxygen atoms in total. The summed E-state index contributed by atoms with van der Waals surface area (Å²) in [5.41, 5.74) is 1.43. The summed E-state index contributed by atoms with van der Waals surface area (Å²) in [5, 5.41) is 7.13. The van der Waals surface area contributed by atoms with Gasteiger partial charge in [0.15, 0.2) is 0 Å². The SMILES string of the molecule is CCc1cc2c(s1)CCO[C@@]21CCN(CC2CC(NC(=O)Cn3cncn3)C2)[C@@H](C)C1. The van der Waals surface area contributed by atoms with Gasteiger partial charge in [0.1, 0.15) is 19.2 Å². The second kappa shape index (κ2) is 8.64. The summed E-state index contributed by atoms with van der Waals surface area (Å²) in [6.07, 6.45) is 9.55. The Balaban J connectivity index is 1.11. The van der Waals surface area contributed by atoms with Crippen LogP contribution < -0.4 is 5.32 Å². The van der Waals surface area contributed by atoms with Gasteiger partial charge < -0.3 is 15.0 Å². The molecule has 8 heteroatoms. The predicted molar refractivity (Wildman–Crippen MR) is 120 cm³/mol. The fourth-order valence-electron chi connectivity index (χ4n) is 5.62. The standard InChI is InChI=1S/C23H33N5O2S/c1-3-19-10-20-21(31-19)4-7-30-23(20)5-6-27(16(2)11-23)12-17-8-18(9-17)26-22(29)13-28-15-24-14-25-28/h10,14-18H,3-9,11-13H2,1-2H3,(H,26,29)/t16-,17?,18?,23+/m0/s1. The summed E-state index contributed by atoms with van der Waals surface area (Å²) in [4.78, 5) is 21.7. The van der Waals surface area contributed by atoms with Crippen LogP contribution in [0.5, 0.6) is 0 Å². The average molecular weight is 444 g/mol. The van der Waals surface area contributed by atoms with Crippen LogP contribution in [-0.2, 0) is 34.5 Å². The molecule has 5 rings (SSSR count). The molecule has 0 radical (unpaired) electrons. The number of carbonyl (C=O) groups excluding carboxylic acids is 1. The van der Waals surface area contributed by atoms with Crippen molar-refractivity contribution >= 4 is 17.2 Å². The van der Waals surface area contributed by atoms with E-state index in [1.807, 2.05) is 11.3 Å². The summed E-state index contributed by atoms with van der Waals surface area (Å²) in [7, 11) is 0. The van der Waals surface area contributed by atoms with Gasteiger partial charge in [0.25, 0.3) is 0 Å². The van der Waals surface area contributed by atoms with E-state index < -0.39 is 0 Å². The lowest BCUT2D eigenvalue weighted by molar-refractivity contribution is -0.124. The molecule has 2 aromatic rings. The molecular formula is C23H33N5O2S. The van der Waals surface area contributed by atoms with Crippen molar-refractivity contribution in [2.45, 2.75) is 76.6 Å². The van der Waals surface area contributed by atoms with Gasteiger partial charge in [-0.05, 0) is 56.6 Å². The number of likely N-dealkylation sites (tertiary alicyclic amines) is 1. The molecule has 0 aromatic carbocycles. The van der Waals surface area contributed by atoms with Crippen LogP contribution in [0, 0.1) is 5.92 Å². The van der Waals surface area contributed by atoms with Gasteiger partial charge in [-0.1, -0.05) is 6.92 Å². The minimum absolute atomic E-state index is 0.0229. The van der Waals surface area contributed by atoms with Crippen molar-refractivity contribution in [1.29, 1.82) is 0 Å². The smallest absolute Gasteiger partial charge is 0.242 e. The fraction of sp³-hybridized carbons (Fsp3) is 0.696.